The van der Waals surface area contributed by atoms with Gasteiger partial charge in [-0.05, 0) is 94.9 Å². The number of primary amides is 1. The summed E-state index contributed by atoms with van der Waals surface area (Å²) >= 11 is 0. The number of carboxylic acids is 4. The van der Waals surface area contributed by atoms with Crippen molar-refractivity contribution in [3.63, 3.8) is 0 Å². The SMILES string of the molecule is [N-]=N/C(=C\Nc1ccc(C(=O)NC(CCC(=O)NCCCC/C(=C/NC(=O)N[C@@H](CCC(=O)O)C(=O)O)C(=O)O)CCC(=O)NCCCC[C@H](NC(N)=O)C(=O)O)cc1)CCCF. The second kappa shape index (κ2) is 30.8. The van der Waals surface area contributed by atoms with Crippen LogP contribution in [0, 0.1) is 0 Å². The average molecular weight is 892 g/mol. The van der Waals surface area contributed by atoms with Crippen LogP contribution in [0.1, 0.15) is 100 Å². The molecular weight excluding hydrogens is 835 g/mol. The third-order valence-corrected chi connectivity index (χ3v) is 8.98. The number of hydrogen-bond acceptors (Lipinski definition) is 11. The third kappa shape index (κ3) is 25.3. The van der Waals surface area contributed by atoms with E-state index in [-0.39, 0.29) is 93.6 Å². The number of halogens is 1. The molecule has 0 saturated carbocycles. The summed E-state index contributed by atoms with van der Waals surface area (Å²) in [4.78, 5) is 107. The van der Waals surface area contributed by atoms with Gasteiger partial charge in [-0.1, -0.05) is 0 Å². The van der Waals surface area contributed by atoms with Crippen molar-refractivity contribution in [1.82, 2.24) is 31.9 Å². The first-order chi connectivity index (χ1) is 29.9. The second-order valence-electron chi connectivity index (χ2n) is 14.0. The zero-order valence-corrected chi connectivity index (χ0v) is 34.5. The number of rotatable bonds is 33. The van der Waals surface area contributed by atoms with Gasteiger partial charge >= 0.3 is 35.9 Å². The van der Waals surface area contributed by atoms with Crippen LogP contribution >= 0.6 is 0 Å². The Labute approximate surface area is 361 Å². The maximum Gasteiger partial charge on any atom is 0.333 e. The van der Waals surface area contributed by atoms with E-state index in [0.717, 1.165) is 6.20 Å². The van der Waals surface area contributed by atoms with Crippen LogP contribution in [-0.4, -0.2) is 112 Å². The topological polar surface area (TPSA) is 379 Å². The summed E-state index contributed by atoms with van der Waals surface area (Å²) in [6.07, 6.45) is 3.32. The molecule has 0 aliphatic rings. The number of benzene rings is 1. The minimum Gasteiger partial charge on any atom is -0.707 e. The van der Waals surface area contributed by atoms with Crippen LogP contribution < -0.4 is 43.0 Å². The van der Waals surface area contributed by atoms with Gasteiger partial charge in [0.25, 0.3) is 5.91 Å². The molecule has 7 amide bonds. The third-order valence-electron chi connectivity index (χ3n) is 8.98. The van der Waals surface area contributed by atoms with Gasteiger partial charge in [0.2, 0.25) is 11.8 Å². The fourth-order valence-electron chi connectivity index (χ4n) is 5.55. The predicted molar refractivity (Wildman–Crippen MR) is 222 cm³/mol. The molecule has 24 heteroatoms. The molecule has 13 N–H and O–H groups in total. The number of aliphatic carboxylic acids is 4. The van der Waals surface area contributed by atoms with E-state index in [0.29, 0.717) is 24.9 Å². The molecule has 0 aliphatic carbocycles. The molecule has 348 valence electrons. The summed E-state index contributed by atoms with van der Waals surface area (Å²) in [5, 5.41) is 57.2. The van der Waals surface area contributed by atoms with Gasteiger partial charge in [0.1, 0.15) is 12.1 Å². The van der Waals surface area contributed by atoms with Gasteiger partial charge < -0.3 is 74.0 Å². The van der Waals surface area contributed by atoms with Crippen molar-refractivity contribution in [2.45, 2.75) is 108 Å². The number of nitrogens with zero attached hydrogens (tertiary/aromatic N) is 2. The Bertz CT molecular complexity index is 1790. The number of amides is 7. The molecule has 0 heterocycles. The molecule has 1 aromatic carbocycles. The Balaban J connectivity index is 2.79. The molecule has 0 aliphatic heterocycles. The van der Waals surface area contributed by atoms with E-state index in [1.165, 1.54) is 18.3 Å². The molecular formula is C39H56FN10O13-. The second-order valence-corrected chi connectivity index (χ2v) is 14.0. The molecule has 63 heavy (non-hydrogen) atoms. The van der Waals surface area contributed by atoms with Crippen molar-refractivity contribution in [3.05, 3.63) is 59.0 Å². The van der Waals surface area contributed by atoms with Gasteiger partial charge in [-0.3, -0.25) is 23.6 Å². The van der Waals surface area contributed by atoms with Crippen LogP contribution in [0.25, 0.3) is 5.53 Å². The van der Waals surface area contributed by atoms with E-state index >= 15 is 0 Å². The standard InChI is InChI=1S/C39H56FN10O13/c40-19-5-7-28(50-42)23-45-26-11-9-24(10-12-26)34(55)47-27(14-17-32(52)44-21-4-2-8-29(36(58)59)48-38(41)62)13-16-31(51)43-20-3-1-6-25(35(56)57)22-46-39(63)49-30(37(60)61)15-18-33(53)54/h9-12,22-23,27,29-30,45H,1-8,13-21H2,(H,43,51)(H,44,52)(H,47,55)(H,53,54)(H,56,57)(H,58,59)(H,60,61)(H3,41,48,62)(H2,46,49,63)/q-1/b25-22-,28-23-/t27?,29-,30-/m0/s1. The Morgan fingerprint density at radius 3 is 1.79 bits per heavy atom. The van der Waals surface area contributed by atoms with Gasteiger partial charge in [-0.25, -0.2) is 24.0 Å². The fraction of sp³-hybridized carbons (Fsp3) is 0.513. The summed E-state index contributed by atoms with van der Waals surface area (Å²) in [5.74, 6) is -6.59. The Morgan fingerprint density at radius 1 is 0.683 bits per heavy atom. The first-order valence-electron chi connectivity index (χ1n) is 20.0. The maximum absolute atomic E-state index is 13.2. The van der Waals surface area contributed by atoms with Crippen molar-refractivity contribution in [1.29, 1.82) is 0 Å². The van der Waals surface area contributed by atoms with E-state index < -0.39 is 85.4 Å². The molecule has 1 unspecified atom stereocenters. The molecule has 0 radical (unpaired) electrons. The first-order valence-corrected chi connectivity index (χ1v) is 20.0. The Kier molecular flexibility index (Phi) is 26.4. The van der Waals surface area contributed by atoms with E-state index in [1.807, 2.05) is 0 Å². The van der Waals surface area contributed by atoms with Crippen molar-refractivity contribution >= 4 is 59.3 Å². The zero-order chi connectivity index (χ0) is 47.2. The van der Waals surface area contributed by atoms with Gasteiger partial charge in [0.05, 0.1) is 12.2 Å². The average Bonchev–Trinajstić information content (AvgIpc) is 3.23. The molecule has 0 bridgehead atoms. The molecule has 0 aromatic heterocycles. The molecule has 0 saturated heterocycles. The quantitative estimate of drug-likeness (QED) is 0.0274. The summed E-state index contributed by atoms with van der Waals surface area (Å²) in [7, 11) is 0. The van der Waals surface area contributed by atoms with Crippen LogP contribution in [0.3, 0.4) is 0 Å². The van der Waals surface area contributed by atoms with E-state index in [9.17, 15) is 62.9 Å². The first kappa shape index (κ1) is 53.9. The lowest BCUT2D eigenvalue weighted by molar-refractivity contribution is -0.141. The van der Waals surface area contributed by atoms with Crippen molar-refractivity contribution in [3.8, 4) is 0 Å². The summed E-state index contributed by atoms with van der Waals surface area (Å²) in [6.45, 7) is -0.224. The van der Waals surface area contributed by atoms with Crippen molar-refractivity contribution in [2.75, 3.05) is 25.1 Å². The van der Waals surface area contributed by atoms with Crippen molar-refractivity contribution in [2.24, 2.45) is 10.8 Å². The number of carbonyl (C=O) groups excluding carboxylic acids is 5. The zero-order valence-electron chi connectivity index (χ0n) is 34.5. The van der Waals surface area contributed by atoms with Crippen LogP contribution in [0.15, 0.2) is 53.0 Å². The number of carboxylic acid groups (broad SMARTS) is 4. The number of unbranched alkanes of at least 4 members (excludes halogenated alkanes) is 2. The lowest BCUT2D eigenvalue weighted by atomic mass is 10.0. The number of nitrogens with one attached hydrogen (secondary N) is 7. The van der Waals surface area contributed by atoms with Gasteiger partial charge in [-0.2, -0.15) is 0 Å². The highest BCUT2D eigenvalue weighted by atomic mass is 19.1. The van der Waals surface area contributed by atoms with E-state index in [2.05, 4.69) is 42.3 Å². The normalized spacial score (nSPS) is 12.7. The molecule has 1 aromatic rings. The number of hydrogen-bond donors (Lipinski definition) is 12. The highest BCUT2D eigenvalue weighted by Gasteiger charge is 2.22. The summed E-state index contributed by atoms with van der Waals surface area (Å²) in [5.41, 5.74) is 14.9. The lowest BCUT2D eigenvalue weighted by Crippen LogP contribution is -2.45. The lowest BCUT2D eigenvalue weighted by Gasteiger charge is -2.19. The van der Waals surface area contributed by atoms with Crippen LogP contribution in [0.4, 0.5) is 19.7 Å². The smallest absolute Gasteiger partial charge is 0.333 e. The monoisotopic (exact) mass is 891 g/mol. The van der Waals surface area contributed by atoms with Gasteiger partial charge in [-0.15, -0.1) is 0 Å². The highest BCUT2D eigenvalue weighted by molar-refractivity contribution is 5.95. The van der Waals surface area contributed by atoms with Crippen LogP contribution in [0.5, 0.6) is 0 Å². The molecule has 3 atom stereocenters. The number of alkyl halides is 1. The number of allylic oxidation sites excluding steroid dienone is 1. The molecule has 1 rings (SSSR count). The number of anilines is 1. The maximum atomic E-state index is 13.2. The Morgan fingerprint density at radius 2 is 1.27 bits per heavy atom. The minimum atomic E-state index is -1.52. The minimum absolute atomic E-state index is 0.0356. The number of nitrogens with two attached hydrogens (primary N) is 1. The van der Waals surface area contributed by atoms with Gasteiger partial charge in [0.15, 0.2) is 0 Å². The van der Waals surface area contributed by atoms with Crippen molar-refractivity contribution < 1.29 is 68.0 Å². The van der Waals surface area contributed by atoms with E-state index in [1.54, 1.807) is 12.1 Å². The van der Waals surface area contributed by atoms with Crippen LogP contribution in [0.2, 0.25) is 0 Å². The number of urea groups is 2. The van der Waals surface area contributed by atoms with Crippen LogP contribution in [-0.2, 0) is 28.8 Å². The molecule has 23 nitrogen and oxygen atoms in total. The number of carbonyl (C=O) groups is 9. The molecule has 0 fully saturated rings. The highest BCUT2D eigenvalue weighted by Crippen LogP contribution is 2.15. The van der Waals surface area contributed by atoms with Gasteiger partial charge in [0, 0.05) is 67.7 Å². The fourth-order valence-corrected chi connectivity index (χ4v) is 5.55. The largest absolute Gasteiger partial charge is 0.707 e. The summed E-state index contributed by atoms with van der Waals surface area (Å²) < 4.78 is 12.5. The predicted octanol–water partition coefficient (Wildman–Crippen LogP) is 2.65. The molecule has 0 spiro atoms. The Hall–Kier alpha value is -7.14. The summed E-state index contributed by atoms with van der Waals surface area (Å²) in [6, 6.07) is 0.844. The van der Waals surface area contributed by atoms with E-state index in [4.69, 9.17) is 16.4 Å².